The number of anilines is 1. The maximum absolute atomic E-state index is 14.0. The van der Waals surface area contributed by atoms with E-state index < -0.39 is 17.7 Å². The van der Waals surface area contributed by atoms with Crippen LogP contribution in [0.2, 0.25) is 0 Å². The number of aromatic amines is 1. The van der Waals surface area contributed by atoms with E-state index in [1.807, 2.05) is 10.7 Å². The highest BCUT2D eigenvalue weighted by atomic mass is 19.1. The van der Waals surface area contributed by atoms with Gasteiger partial charge in [-0.1, -0.05) is 0 Å². The van der Waals surface area contributed by atoms with Crippen molar-refractivity contribution < 1.29 is 14.3 Å². The Morgan fingerprint density at radius 1 is 1.15 bits per heavy atom. The van der Waals surface area contributed by atoms with Crippen LogP contribution >= 0.6 is 0 Å². The molecule has 4 heterocycles. The van der Waals surface area contributed by atoms with Gasteiger partial charge in [0.15, 0.2) is 11.6 Å². The molecule has 0 saturated heterocycles. The largest absolute Gasteiger partial charge is 0.481 e. The number of pyridine rings is 1. The summed E-state index contributed by atoms with van der Waals surface area (Å²) in [6, 6.07) is 3.38. The van der Waals surface area contributed by atoms with Crippen molar-refractivity contribution in [2.45, 2.75) is 50.5 Å². The zero-order chi connectivity index (χ0) is 23.0. The van der Waals surface area contributed by atoms with Crippen molar-refractivity contribution in [2.75, 3.05) is 5.32 Å². The quantitative estimate of drug-likeness (QED) is 0.402. The molecule has 8 rings (SSSR count). The van der Waals surface area contributed by atoms with Gasteiger partial charge in [0.25, 0.3) is 0 Å². The Balaban J connectivity index is 1.37. The first-order valence-corrected chi connectivity index (χ1v) is 12.1. The minimum Gasteiger partial charge on any atom is -0.481 e. The summed E-state index contributed by atoms with van der Waals surface area (Å²) in [5.74, 6) is 0.565. The number of H-pyrrole nitrogens is 1. The Kier molecular flexibility index (Phi) is 4.25. The molecule has 0 aliphatic heterocycles. The average Bonchev–Trinajstić information content (AvgIpc) is 3.46. The lowest BCUT2D eigenvalue weighted by Gasteiger charge is -2.47. The molecule has 0 spiro atoms. The fourth-order valence-electron chi connectivity index (χ4n) is 6.21. The van der Waals surface area contributed by atoms with Crippen molar-refractivity contribution in [3.63, 3.8) is 0 Å². The number of aromatic nitrogens is 5. The Morgan fingerprint density at radius 2 is 1.94 bits per heavy atom. The Hall–Kier alpha value is -3.49. The zero-order valence-electron chi connectivity index (χ0n) is 18.5. The summed E-state index contributed by atoms with van der Waals surface area (Å²) < 4.78 is 15.8. The number of aliphatic carboxylic acids is 1. The van der Waals surface area contributed by atoms with Crippen molar-refractivity contribution >= 4 is 28.3 Å². The second-order valence-corrected chi connectivity index (χ2v) is 10.1. The van der Waals surface area contributed by atoms with Gasteiger partial charge in [0, 0.05) is 29.4 Å². The topological polar surface area (TPSA) is 108 Å². The van der Waals surface area contributed by atoms with Gasteiger partial charge in [0.05, 0.1) is 12.1 Å². The highest BCUT2D eigenvalue weighted by Gasteiger charge is 2.47. The fraction of sp³-hybridized carbons (Fsp3) is 0.440. The fourth-order valence-corrected chi connectivity index (χ4v) is 6.21. The molecule has 4 aromatic rings. The van der Waals surface area contributed by atoms with Gasteiger partial charge in [0.1, 0.15) is 17.0 Å². The van der Waals surface area contributed by atoms with Gasteiger partial charge in [-0.3, -0.25) is 4.79 Å². The van der Waals surface area contributed by atoms with E-state index in [1.165, 1.54) is 30.7 Å². The van der Waals surface area contributed by atoms with Crippen LogP contribution in [0.15, 0.2) is 30.7 Å². The predicted octanol–water partition coefficient (Wildman–Crippen LogP) is 4.59. The number of fused-ring (bicyclic) bond motifs is 5. The Morgan fingerprint density at radius 3 is 2.71 bits per heavy atom. The van der Waals surface area contributed by atoms with Gasteiger partial charge in [-0.05, 0) is 74.0 Å². The lowest BCUT2D eigenvalue weighted by molar-refractivity contribution is -0.148. The molecule has 8 nitrogen and oxygen atoms in total. The summed E-state index contributed by atoms with van der Waals surface area (Å²) >= 11 is 0. The average molecular weight is 461 g/mol. The lowest BCUT2D eigenvalue weighted by atomic mass is 9.61. The number of hydrogen-bond donors (Lipinski definition) is 3. The molecule has 0 aromatic carbocycles. The van der Waals surface area contributed by atoms with E-state index in [0.717, 1.165) is 31.2 Å². The first-order chi connectivity index (χ1) is 16.5. The number of carbonyl (C=O) groups is 1. The van der Waals surface area contributed by atoms with E-state index in [0.29, 0.717) is 40.1 Å². The van der Waals surface area contributed by atoms with E-state index in [1.54, 1.807) is 6.20 Å². The van der Waals surface area contributed by atoms with E-state index in [9.17, 15) is 14.3 Å². The van der Waals surface area contributed by atoms with Gasteiger partial charge in [-0.15, -0.1) is 5.10 Å². The molecule has 0 amide bonds. The van der Waals surface area contributed by atoms with E-state index in [4.69, 9.17) is 10.1 Å². The molecule has 34 heavy (non-hydrogen) atoms. The van der Waals surface area contributed by atoms with Crippen LogP contribution < -0.4 is 5.32 Å². The smallest absolute Gasteiger partial charge is 0.308 e. The number of carboxylic acid groups (broad SMARTS) is 1. The number of halogens is 1. The monoisotopic (exact) mass is 460 g/mol. The molecule has 4 fully saturated rings. The maximum Gasteiger partial charge on any atom is 0.308 e. The molecular weight excluding hydrogens is 435 g/mol. The van der Waals surface area contributed by atoms with Crippen LogP contribution in [0.5, 0.6) is 0 Å². The predicted molar refractivity (Wildman–Crippen MR) is 124 cm³/mol. The standard InChI is InChI=1S/C25H25FN6O2/c26-16-8-17-18(10-28-22(17)27-9-16)23-30-24(19-7-15(12-1-2-12)11-32(19)31-23)29-21-14-5-3-13(4-6-14)20(21)25(33)34/h7-14,20-21H,1-6H2,(H,27,28)(H,33,34)(H,29,30,31)/t13-,14+,20-,21-/m0/s1. The Bertz CT molecular complexity index is 1430. The van der Waals surface area contributed by atoms with Gasteiger partial charge >= 0.3 is 5.97 Å². The number of nitrogens with one attached hydrogen (secondary N) is 2. The van der Waals surface area contributed by atoms with Crippen molar-refractivity contribution in [2.24, 2.45) is 17.8 Å². The summed E-state index contributed by atoms with van der Waals surface area (Å²) in [6.45, 7) is 0. The molecule has 2 atom stereocenters. The third kappa shape index (κ3) is 3.09. The van der Waals surface area contributed by atoms with Crippen LogP contribution in [-0.2, 0) is 4.79 Å². The normalized spacial score (nSPS) is 26.4. The summed E-state index contributed by atoms with van der Waals surface area (Å²) in [7, 11) is 0. The molecule has 0 radical (unpaired) electrons. The third-order valence-corrected chi connectivity index (χ3v) is 8.08. The third-order valence-electron chi connectivity index (χ3n) is 8.08. The highest BCUT2D eigenvalue weighted by molar-refractivity contribution is 5.92. The number of hydrogen-bond acceptors (Lipinski definition) is 5. The molecule has 4 saturated carbocycles. The molecule has 174 valence electrons. The molecule has 4 aliphatic carbocycles. The molecule has 4 aliphatic rings. The van der Waals surface area contributed by atoms with E-state index in [2.05, 4.69) is 21.4 Å². The summed E-state index contributed by atoms with van der Waals surface area (Å²) in [6.07, 6.45) is 11.3. The minimum atomic E-state index is -0.732. The Labute approximate surface area is 194 Å². The van der Waals surface area contributed by atoms with Crippen LogP contribution in [-0.4, -0.2) is 41.7 Å². The first kappa shape index (κ1) is 19.9. The number of rotatable bonds is 5. The molecule has 4 aromatic heterocycles. The molecule has 3 N–H and O–H groups in total. The molecule has 2 bridgehead atoms. The van der Waals surface area contributed by atoms with Crippen molar-refractivity contribution in [1.82, 2.24) is 24.6 Å². The maximum atomic E-state index is 14.0. The van der Waals surface area contributed by atoms with Crippen LogP contribution in [0, 0.1) is 23.6 Å². The minimum absolute atomic E-state index is 0.169. The number of nitrogens with zero attached hydrogens (tertiary/aromatic N) is 4. The first-order valence-electron chi connectivity index (χ1n) is 12.1. The van der Waals surface area contributed by atoms with Gasteiger partial charge in [0.2, 0.25) is 0 Å². The number of carboxylic acids is 1. The van der Waals surface area contributed by atoms with Gasteiger partial charge < -0.3 is 15.4 Å². The van der Waals surface area contributed by atoms with E-state index >= 15 is 0 Å². The second-order valence-electron chi connectivity index (χ2n) is 10.1. The van der Waals surface area contributed by atoms with Gasteiger partial charge in [-0.25, -0.2) is 18.9 Å². The van der Waals surface area contributed by atoms with Crippen molar-refractivity contribution in [1.29, 1.82) is 0 Å². The van der Waals surface area contributed by atoms with Crippen molar-refractivity contribution in [3.05, 3.63) is 42.1 Å². The summed E-state index contributed by atoms with van der Waals surface area (Å²) in [4.78, 5) is 24.3. The van der Waals surface area contributed by atoms with E-state index in [-0.39, 0.29) is 12.0 Å². The second kappa shape index (κ2) is 7.25. The summed E-state index contributed by atoms with van der Waals surface area (Å²) in [5.41, 5.74) is 3.30. The lowest BCUT2D eigenvalue weighted by Crippen LogP contribution is -2.51. The van der Waals surface area contributed by atoms with Crippen molar-refractivity contribution in [3.8, 4) is 11.4 Å². The highest BCUT2D eigenvalue weighted by Crippen LogP contribution is 2.47. The van der Waals surface area contributed by atoms with Gasteiger partial charge in [-0.2, -0.15) is 0 Å². The van der Waals surface area contributed by atoms with Crippen LogP contribution in [0.1, 0.15) is 50.0 Å². The zero-order valence-corrected chi connectivity index (χ0v) is 18.5. The van der Waals surface area contributed by atoms with Crippen LogP contribution in [0.3, 0.4) is 0 Å². The van der Waals surface area contributed by atoms with Crippen LogP contribution in [0.25, 0.3) is 27.9 Å². The molecule has 9 heteroatoms. The summed E-state index contributed by atoms with van der Waals surface area (Å²) in [5, 5.41) is 19.0. The molecular formula is C25H25FN6O2. The van der Waals surface area contributed by atoms with Crippen LogP contribution in [0.4, 0.5) is 10.2 Å². The molecule has 0 unspecified atom stereocenters. The SMILES string of the molecule is O=C(O)[C@H]1[C@H]2CC[C@H](CC2)[C@@H]1Nc1nc(-c2c[nH]c3ncc(F)cc23)nn2cc(C3CC3)cc12.